The summed E-state index contributed by atoms with van der Waals surface area (Å²) in [5, 5.41) is 32.8. The van der Waals surface area contributed by atoms with E-state index < -0.39 is 6.04 Å². The molecule has 0 fully saturated rings. The Kier molecular flexibility index (Phi) is 5.38. The molecule has 3 aromatic rings. The molecule has 10 heteroatoms. The Bertz CT molecular complexity index is 1370. The molecule has 0 radical (unpaired) electrons. The fourth-order valence-corrected chi connectivity index (χ4v) is 3.61. The number of hydrogen-bond donors (Lipinski definition) is 4. The lowest BCUT2D eigenvalue weighted by Crippen LogP contribution is -2.32. The molecule has 0 saturated carbocycles. The molecule has 160 valence electrons. The van der Waals surface area contributed by atoms with Crippen molar-refractivity contribution in [1.29, 1.82) is 15.8 Å². The minimum atomic E-state index is -0.605. The van der Waals surface area contributed by atoms with E-state index >= 15 is 0 Å². The highest BCUT2D eigenvalue weighted by Gasteiger charge is 2.29. The van der Waals surface area contributed by atoms with Crippen LogP contribution in [-0.2, 0) is 0 Å². The molecule has 0 aliphatic carbocycles. The maximum atomic E-state index is 9.45. The second-order valence-electron chi connectivity index (χ2n) is 7.21. The van der Waals surface area contributed by atoms with E-state index in [1.165, 1.54) is 0 Å². The van der Waals surface area contributed by atoms with Crippen molar-refractivity contribution in [2.75, 3.05) is 28.7 Å². The van der Waals surface area contributed by atoms with Crippen LogP contribution < -0.4 is 27.0 Å². The first kappa shape index (κ1) is 21.0. The minimum Gasteiger partial charge on any atom is -0.397 e. The van der Waals surface area contributed by atoms with E-state index in [0.717, 1.165) is 16.9 Å². The van der Waals surface area contributed by atoms with Crippen molar-refractivity contribution < 1.29 is 0 Å². The Morgan fingerprint density at radius 3 is 2.18 bits per heavy atom. The highest BCUT2D eigenvalue weighted by molar-refractivity contribution is 5.98. The van der Waals surface area contributed by atoms with E-state index in [9.17, 15) is 5.26 Å². The van der Waals surface area contributed by atoms with Crippen LogP contribution in [0, 0.1) is 34.1 Å². The molecule has 1 aliphatic heterocycles. The second kappa shape index (κ2) is 8.46. The van der Waals surface area contributed by atoms with Gasteiger partial charge in [-0.2, -0.15) is 15.8 Å². The standard InChI is InChI=1S/C23H18N10/c1-33(15-6-2-13(10-24)3-7-15)16-8-4-14(5-9-16)20-18-19(27)17(11-25)21(28)31-22(18)32-23(30-20)29-12-26/h2-9,20H,1H3,(H6,27,28,29,30,31,32). The number of aromatic nitrogens is 1. The average Bonchev–Trinajstić information content (AvgIpc) is 2.83. The topological polar surface area (TPSA) is 176 Å². The van der Waals surface area contributed by atoms with Crippen LogP contribution >= 0.6 is 0 Å². The van der Waals surface area contributed by atoms with Crippen molar-refractivity contribution >= 4 is 34.7 Å². The van der Waals surface area contributed by atoms with E-state index in [4.69, 9.17) is 22.0 Å². The maximum Gasteiger partial charge on any atom is 0.211 e. The minimum absolute atomic E-state index is 0.00223. The van der Waals surface area contributed by atoms with Crippen molar-refractivity contribution in [2.24, 2.45) is 4.99 Å². The van der Waals surface area contributed by atoms with E-state index in [2.05, 4.69) is 26.7 Å². The number of pyridine rings is 1. The molecule has 1 aliphatic rings. The molecule has 33 heavy (non-hydrogen) atoms. The summed E-state index contributed by atoms with van der Waals surface area (Å²) >= 11 is 0. The monoisotopic (exact) mass is 434 g/mol. The molecule has 1 atom stereocenters. The van der Waals surface area contributed by atoms with Gasteiger partial charge in [-0.3, -0.25) is 5.32 Å². The number of hydrogen-bond acceptors (Lipinski definition) is 10. The van der Waals surface area contributed by atoms with Gasteiger partial charge < -0.3 is 21.7 Å². The van der Waals surface area contributed by atoms with Gasteiger partial charge in [0.15, 0.2) is 6.19 Å². The van der Waals surface area contributed by atoms with Crippen molar-refractivity contribution in [1.82, 2.24) is 10.3 Å². The number of nitriles is 3. The lowest BCUT2D eigenvalue weighted by Gasteiger charge is -2.26. The highest BCUT2D eigenvalue weighted by Crippen LogP contribution is 2.40. The molecule has 4 rings (SSSR count). The summed E-state index contributed by atoms with van der Waals surface area (Å²) in [6.07, 6.45) is 1.83. The van der Waals surface area contributed by atoms with Gasteiger partial charge in [-0.25, -0.2) is 9.98 Å². The Morgan fingerprint density at radius 2 is 1.61 bits per heavy atom. The van der Waals surface area contributed by atoms with Crippen LogP contribution in [0.1, 0.15) is 28.3 Å². The lowest BCUT2D eigenvalue weighted by molar-refractivity contribution is 0.846. The zero-order valence-corrected chi connectivity index (χ0v) is 17.5. The largest absolute Gasteiger partial charge is 0.397 e. The highest BCUT2D eigenvalue weighted by atomic mass is 15.2. The lowest BCUT2D eigenvalue weighted by atomic mass is 9.95. The predicted molar refractivity (Wildman–Crippen MR) is 125 cm³/mol. The third-order valence-corrected chi connectivity index (χ3v) is 5.34. The van der Waals surface area contributed by atoms with Gasteiger partial charge in [0.1, 0.15) is 29.3 Å². The Morgan fingerprint density at radius 1 is 0.970 bits per heavy atom. The molecule has 2 aromatic carbocycles. The molecular formula is C23H18N10. The van der Waals surface area contributed by atoms with E-state index in [1.54, 1.807) is 12.1 Å². The van der Waals surface area contributed by atoms with Gasteiger partial charge in [0.05, 0.1) is 17.3 Å². The van der Waals surface area contributed by atoms with Crippen LogP contribution in [0.25, 0.3) is 0 Å². The molecule has 0 bridgehead atoms. The zero-order chi connectivity index (χ0) is 23.5. The maximum absolute atomic E-state index is 9.45. The quantitative estimate of drug-likeness (QED) is 0.356. The second-order valence-corrected chi connectivity index (χ2v) is 7.21. The first-order chi connectivity index (χ1) is 16.0. The van der Waals surface area contributed by atoms with Crippen molar-refractivity contribution in [2.45, 2.75) is 6.04 Å². The summed E-state index contributed by atoms with van der Waals surface area (Å²) in [6.45, 7) is 0. The normalized spacial score (nSPS) is 13.9. The van der Waals surface area contributed by atoms with Gasteiger partial charge in [0.2, 0.25) is 5.96 Å². The number of aliphatic imine (C=N–C) groups is 1. The molecule has 0 spiro atoms. The van der Waals surface area contributed by atoms with Crippen LogP contribution in [-0.4, -0.2) is 18.0 Å². The molecule has 0 saturated heterocycles. The third-order valence-electron chi connectivity index (χ3n) is 5.34. The predicted octanol–water partition coefficient (Wildman–Crippen LogP) is 2.70. The van der Waals surface area contributed by atoms with Crippen LogP contribution in [0.2, 0.25) is 0 Å². The van der Waals surface area contributed by atoms with Gasteiger partial charge in [-0.1, -0.05) is 12.1 Å². The molecule has 10 nitrogen and oxygen atoms in total. The van der Waals surface area contributed by atoms with Crippen molar-refractivity contribution in [3.8, 4) is 18.3 Å². The van der Waals surface area contributed by atoms with Crippen LogP contribution in [0.4, 0.5) is 28.7 Å². The number of anilines is 5. The summed E-state index contributed by atoms with van der Waals surface area (Å²) in [5.41, 5.74) is 16.2. The fourth-order valence-electron chi connectivity index (χ4n) is 3.61. The van der Waals surface area contributed by atoms with Gasteiger partial charge >= 0.3 is 0 Å². The van der Waals surface area contributed by atoms with Gasteiger partial charge in [0, 0.05) is 24.0 Å². The Labute approximate surface area is 190 Å². The van der Waals surface area contributed by atoms with Crippen LogP contribution in [0.3, 0.4) is 0 Å². The van der Waals surface area contributed by atoms with Gasteiger partial charge in [0.25, 0.3) is 0 Å². The van der Waals surface area contributed by atoms with E-state index in [0.29, 0.717) is 16.9 Å². The smallest absolute Gasteiger partial charge is 0.211 e. The summed E-state index contributed by atoms with van der Waals surface area (Å²) in [6, 6.07) is 18.4. The molecule has 1 aromatic heterocycles. The number of rotatable bonds is 3. The Balaban J connectivity index is 1.73. The first-order valence-corrected chi connectivity index (χ1v) is 9.79. The molecule has 0 amide bonds. The SMILES string of the molecule is CN(c1ccc(C#N)cc1)c1ccc(C2N=C(NC#N)Nc3nc(N)c(C#N)c(N)c32)cc1. The number of guanidine groups is 1. The number of nitrogens with zero attached hydrogens (tertiary/aromatic N) is 6. The molecule has 2 heterocycles. The third kappa shape index (κ3) is 3.78. The molecular weight excluding hydrogens is 416 g/mol. The zero-order valence-electron chi connectivity index (χ0n) is 17.5. The van der Waals surface area contributed by atoms with E-state index in [1.807, 2.05) is 60.6 Å². The van der Waals surface area contributed by atoms with Crippen LogP contribution in [0.15, 0.2) is 53.5 Å². The number of fused-ring (bicyclic) bond motifs is 1. The number of nitrogens with one attached hydrogen (secondary N) is 2. The van der Waals surface area contributed by atoms with Crippen molar-refractivity contribution in [3.63, 3.8) is 0 Å². The van der Waals surface area contributed by atoms with Crippen molar-refractivity contribution in [3.05, 3.63) is 70.8 Å². The summed E-state index contributed by atoms with van der Waals surface area (Å²) in [7, 11) is 1.92. The number of benzene rings is 2. The fraction of sp³-hybridized carbons (Fsp3) is 0.0870. The van der Waals surface area contributed by atoms with Gasteiger partial charge in [-0.05, 0) is 42.0 Å². The first-order valence-electron chi connectivity index (χ1n) is 9.79. The summed E-state index contributed by atoms with van der Waals surface area (Å²) in [4.78, 5) is 10.8. The number of nitrogen functional groups attached to an aromatic ring is 2. The van der Waals surface area contributed by atoms with E-state index in [-0.39, 0.29) is 23.0 Å². The molecule has 6 N–H and O–H groups in total. The van der Waals surface area contributed by atoms with Gasteiger partial charge in [-0.15, -0.1) is 0 Å². The Hall–Kier alpha value is -5.27. The summed E-state index contributed by atoms with van der Waals surface area (Å²) < 4.78 is 0. The molecule has 1 unspecified atom stereocenters. The van der Waals surface area contributed by atoms with Crippen LogP contribution in [0.5, 0.6) is 0 Å². The number of nitrogens with two attached hydrogens (primary N) is 2. The summed E-state index contributed by atoms with van der Waals surface area (Å²) in [5.74, 6) is 0.530. The average molecular weight is 434 g/mol.